The Hall–Kier alpha value is -1.80. The first-order valence-corrected chi connectivity index (χ1v) is 6.98. The van der Waals surface area contributed by atoms with Gasteiger partial charge in [0.2, 0.25) is 0 Å². The maximum absolute atomic E-state index is 5.96. The molecule has 2 heteroatoms. The molecule has 0 atom stereocenters. The van der Waals surface area contributed by atoms with Gasteiger partial charge in [-0.25, -0.2) is 0 Å². The lowest BCUT2D eigenvalue weighted by Crippen LogP contribution is -1.96. The van der Waals surface area contributed by atoms with Gasteiger partial charge < -0.3 is 4.74 Å². The van der Waals surface area contributed by atoms with E-state index in [1.807, 2.05) is 42.5 Å². The quantitative estimate of drug-likeness (QED) is 0.647. The Labute approximate surface area is 121 Å². The molecule has 3 aromatic rings. The number of ether oxygens (including phenoxy) is 1. The lowest BCUT2D eigenvalue weighted by Gasteiger charge is -2.10. The summed E-state index contributed by atoms with van der Waals surface area (Å²) in [5, 5.41) is 2.35. The van der Waals surface area contributed by atoms with Gasteiger partial charge in [0.1, 0.15) is 12.4 Å². The fourth-order valence-electron chi connectivity index (χ4n) is 2.09. The van der Waals surface area contributed by atoms with Gasteiger partial charge in [0.15, 0.2) is 0 Å². The molecule has 0 aliphatic rings. The molecular formula is C17H13BrO. The third kappa shape index (κ3) is 2.64. The fourth-order valence-corrected chi connectivity index (χ4v) is 2.49. The van der Waals surface area contributed by atoms with Gasteiger partial charge in [-0.15, -0.1) is 0 Å². The number of halogens is 1. The molecule has 0 radical (unpaired) electrons. The van der Waals surface area contributed by atoms with Gasteiger partial charge in [-0.1, -0.05) is 70.5 Å². The SMILES string of the molecule is Brc1ccccc1COc1cccc2ccccc12. The van der Waals surface area contributed by atoms with Crippen molar-refractivity contribution in [3.63, 3.8) is 0 Å². The molecule has 0 saturated heterocycles. The van der Waals surface area contributed by atoms with Crippen LogP contribution < -0.4 is 4.74 Å². The van der Waals surface area contributed by atoms with Gasteiger partial charge >= 0.3 is 0 Å². The topological polar surface area (TPSA) is 9.23 Å². The summed E-state index contributed by atoms with van der Waals surface area (Å²) in [7, 11) is 0. The van der Waals surface area contributed by atoms with Crippen molar-refractivity contribution in [2.24, 2.45) is 0 Å². The van der Waals surface area contributed by atoms with Gasteiger partial charge in [-0.2, -0.15) is 0 Å². The van der Waals surface area contributed by atoms with Crippen LogP contribution in [0.5, 0.6) is 5.75 Å². The second-order valence-corrected chi connectivity index (χ2v) is 5.21. The van der Waals surface area contributed by atoms with Crippen LogP contribution >= 0.6 is 15.9 Å². The maximum Gasteiger partial charge on any atom is 0.127 e. The molecule has 0 aromatic heterocycles. The van der Waals surface area contributed by atoms with Crippen LogP contribution in [0.3, 0.4) is 0 Å². The average molecular weight is 313 g/mol. The molecule has 0 bridgehead atoms. The lowest BCUT2D eigenvalue weighted by atomic mass is 10.1. The number of rotatable bonds is 3. The number of benzene rings is 3. The molecule has 94 valence electrons. The molecule has 0 amide bonds. The Bertz CT molecular complexity index is 701. The molecule has 0 aliphatic heterocycles. The molecule has 19 heavy (non-hydrogen) atoms. The number of hydrogen-bond acceptors (Lipinski definition) is 1. The second-order valence-electron chi connectivity index (χ2n) is 4.36. The van der Waals surface area contributed by atoms with E-state index in [1.54, 1.807) is 0 Å². The summed E-state index contributed by atoms with van der Waals surface area (Å²) in [6.45, 7) is 0.565. The second kappa shape index (κ2) is 5.45. The van der Waals surface area contributed by atoms with Gasteiger partial charge in [0.05, 0.1) is 0 Å². The van der Waals surface area contributed by atoms with Crippen LogP contribution in [0.25, 0.3) is 10.8 Å². The standard InChI is InChI=1S/C17H13BrO/c18-16-10-4-2-7-14(16)12-19-17-11-5-8-13-6-1-3-9-15(13)17/h1-11H,12H2. The Morgan fingerprint density at radius 3 is 2.42 bits per heavy atom. The summed E-state index contributed by atoms with van der Waals surface area (Å²) in [5.41, 5.74) is 1.15. The van der Waals surface area contributed by atoms with Crippen LogP contribution in [0.4, 0.5) is 0 Å². The molecular weight excluding hydrogens is 300 g/mol. The highest BCUT2D eigenvalue weighted by Crippen LogP contribution is 2.26. The van der Waals surface area contributed by atoms with Crippen LogP contribution in [0, 0.1) is 0 Å². The predicted octanol–water partition coefficient (Wildman–Crippen LogP) is 5.18. The van der Waals surface area contributed by atoms with Crippen molar-refractivity contribution in [3.05, 3.63) is 76.8 Å². The smallest absolute Gasteiger partial charge is 0.127 e. The number of fused-ring (bicyclic) bond motifs is 1. The Morgan fingerprint density at radius 1 is 0.789 bits per heavy atom. The largest absolute Gasteiger partial charge is 0.488 e. The normalized spacial score (nSPS) is 10.6. The van der Waals surface area contributed by atoms with Crippen molar-refractivity contribution in [1.29, 1.82) is 0 Å². The van der Waals surface area contributed by atoms with Crippen LogP contribution in [0.2, 0.25) is 0 Å². The van der Waals surface area contributed by atoms with Crippen molar-refractivity contribution in [3.8, 4) is 5.75 Å². The van der Waals surface area contributed by atoms with E-state index in [0.29, 0.717) is 6.61 Å². The zero-order chi connectivity index (χ0) is 13.1. The van der Waals surface area contributed by atoms with E-state index in [2.05, 4.69) is 40.2 Å². The summed E-state index contributed by atoms with van der Waals surface area (Å²) >= 11 is 3.54. The monoisotopic (exact) mass is 312 g/mol. The highest BCUT2D eigenvalue weighted by atomic mass is 79.9. The highest BCUT2D eigenvalue weighted by Gasteiger charge is 2.03. The summed E-state index contributed by atoms with van der Waals surface area (Å²) < 4.78 is 7.04. The maximum atomic E-state index is 5.96. The van der Waals surface area contributed by atoms with Gasteiger partial charge in [0.25, 0.3) is 0 Å². The Balaban J connectivity index is 1.88. The van der Waals surface area contributed by atoms with E-state index >= 15 is 0 Å². The fraction of sp³-hybridized carbons (Fsp3) is 0.0588. The van der Waals surface area contributed by atoms with Gasteiger partial charge in [-0.3, -0.25) is 0 Å². The lowest BCUT2D eigenvalue weighted by molar-refractivity contribution is 0.309. The average Bonchev–Trinajstić information content (AvgIpc) is 2.46. The first-order chi connectivity index (χ1) is 9.34. The third-order valence-electron chi connectivity index (χ3n) is 3.09. The van der Waals surface area contributed by atoms with Crippen LogP contribution in [-0.4, -0.2) is 0 Å². The van der Waals surface area contributed by atoms with Crippen molar-refractivity contribution in [2.75, 3.05) is 0 Å². The first kappa shape index (κ1) is 12.2. The molecule has 0 fully saturated rings. The highest BCUT2D eigenvalue weighted by molar-refractivity contribution is 9.10. The van der Waals surface area contributed by atoms with Crippen molar-refractivity contribution < 1.29 is 4.74 Å². The zero-order valence-corrected chi connectivity index (χ0v) is 11.9. The van der Waals surface area contributed by atoms with Crippen LogP contribution in [0.1, 0.15) is 5.56 Å². The molecule has 0 saturated carbocycles. The first-order valence-electron chi connectivity index (χ1n) is 6.18. The zero-order valence-electron chi connectivity index (χ0n) is 10.3. The van der Waals surface area contributed by atoms with E-state index in [-0.39, 0.29) is 0 Å². The van der Waals surface area contributed by atoms with E-state index in [1.165, 1.54) is 5.39 Å². The Morgan fingerprint density at radius 2 is 1.53 bits per heavy atom. The minimum absolute atomic E-state index is 0.565. The summed E-state index contributed by atoms with van der Waals surface area (Å²) in [6.07, 6.45) is 0. The minimum Gasteiger partial charge on any atom is -0.488 e. The molecule has 3 rings (SSSR count). The summed E-state index contributed by atoms with van der Waals surface area (Å²) in [6, 6.07) is 22.5. The molecule has 0 unspecified atom stereocenters. The summed E-state index contributed by atoms with van der Waals surface area (Å²) in [5.74, 6) is 0.925. The molecule has 0 aliphatic carbocycles. The Kier molecular flexibility index (Phi) is 3.51. The minimum atomic E-state index is 0.565. The summed E-state index contributed by atoms with van der Waals surface area (Å²) in [4.78, 5) is 0. The van der Waals surface area contributed by atoms with Crippen LogP contribution in [0.15, 0.2) is 71.2 Å². The molecule has 0 spiro atoms. The molecule has 0 heterocycles. The molecule has 0 N–H and O–H groups in total. The molecule has 3 aromatic carbocycles. The predicted molar refractivity (Wildman–Crippen MR) is 82.4 cm³/mol. The van der Waals surface area contributed by atoms with Gasteiger partial charge in [-0.05, 0) is 17.5 Å². The van der Waals surface area contributed by atoms with E-state index in [9.17, 15) is 0 Å². The van der Waals surface area contributed by atoms with Gasteiger partial charge in [0, 0.05) is 15.4 Å². The molecule has 1 nitrogen and oxygen atoms in total. The van der Waals surface area contributed by atoms with Crippen molar-refractivity contribution >= 4 is 26.7 Å². The van der Waals surface area contributed by atoms with E-state index in [0.717, 1.165) is 21.2 Å². The van der Waals surface area contributed by atoms with E-state index < -0.39 is 0 Å². The van der Waals surface area contributed by atoms with E-state index in [4.69, 9.17) is 4.74 Å². The van der Waals surface area contributed by atoms with Crippen molar-refractivity contribution in [2.45, 2.75) is 6.61 Å². The number of hydrogen-bond donors (Lipinski definition) is 0. The van der Waals surface area contributed by atoms with Crippen molar-refractivity contribution in [1.82, 2.24) is 0 Å². The van der Waals surface area contributed by atoms with Crippen LogP contribution in [-0.2, 0) is 6.61 Å². The third-order valence-corrected chi connectivity index (χ3v) is 3.86.